The van der Waals surface area contributed by atoms with Gasteiger partial charge in [0.25, 0.3) is 0 Å². The van der Waals surface area contributed by atoms with Crippen molar-refractivity contribution in [3.63, 3.8) is 0 Å². The van der Waals surface area contributed by atoms with Gasteiger partial charge in [0, 0.05) is 12.3 Å². The van der Waals surface area contributed by atoms with Crippen molar-refractivity contribution in [1.82, 2.24) is 10.6 Å². The summed E-state index contributed by atoms with van der Waals surface area (Å²) in [5.41, 5.74) is 3.72. The molecule has 4 heteroatoms. The number of carbonyl (C=O) groups excluding carboxylic acids is 1. The number of hydrogen-bond donors (Lipinski definition) is 2. The Bertz CT molecular complexity index is 788. The van der Waals surface area contributed by atoms with E-state index in [9.17, 15) is 4.79 Å². The van der Waals surface area contributed by atoms with Gasteiger partial charge in [0.15, 0.2) is 0 Å². The van der Waals surface area contributed by atoms with Gasteiger partial charge in [-0.25, -0.2) is 0 Å². The van der Waals surface area contributed by atoms with Crippen LogP contribution in [-0.2, 0) is 9.54 Å². The van der Waals surface area contributed by atoms with Crippen LogP contribution in [0.2, 0.25) is 0 Å². The zero-order chi connectivity index (χ0) is 21.1. The van der Waals surface area contributed by atoms with Crippen LogP contribution in [0.1, 0.15) is 30.0 Å². The second-order valence-corrected chi connectivity index (χ2v) is 8.46. The van der Waals surface area contributed by atoms with Crippen LogP contribution in [0.4, 0.5) is 0 Å². The Balaban J connectivity index is 1.85. The average molecular weight is 419 g/mol. The largest absolute Gasteiger partial charge is 0.354 e. The molecule has 0 aromatic heterocycles. The molecule has 2 N–H and O–H groups in total. The maximum Gasteiger partial charge on any atom is 0.233 e. The molecule has 0 aliphatic heterocycles. The van der Waals surface area contributed by atoms with E-state index in [0.29, 0.717) is 13.1 Å². The molecule has 3 aromatic rings. The summed E-state index contributed by atoms with van der Waals surface area (Å²) in [6.07, 6.45) is 1.02. The van der Waals surface area contributed by atoms with Crippen LogP contribution in [0.3, 0.4) is 0 Å². The average Bonchev–Trinajstić information content (AvgIpc) is 2.81. The maximum atomic E-state index is 12.1. The van der Waals surface area contributed by atoms with Gasteiger partial charge >= 0.3 is 0 Å². The first-order chi connectivity index (χ1) is 14.8. The summed E-state index contributed by atoms with van der Waals surface area (Å²) < 4.78 is -0.338. The third-order valence-corrected chi connectivity index (χ3v) is 6.54. The number of thioether (sulfide) groups is 1. The smallest absolute Gasteiger partial charge is 0.233 e. The molecule has 0 bridgehead atoms. The Kier molecular flexibility index (Phi) is 8.54. The molecule has 3 aromatic carbocycles. The summed E-state index contributed by atoms with van der Waals surface area (Å²) in [5.74, 6) is 0.854. The van der Waals surface area contributed by atoms with Gasteiger partial charge in [-0.05, 0) is 29.7 Å². The van der Waals surface area contributed by atoms with E-state index in [1.54, 1.807) is 0 Å². The van der Waals surface area contributed by atoms with E-state index in [1.165, 1.54) is 16.7 Å². The standard InChI is InChI=1S/C26H30N2OS/c1-2-18-27-21-25(29)28-19-20-30-26(22-12-6-3-7-13-22,23-14-8-4-9-15-23)24-16-10-5-11-17-24/h3-17,27H,2,18-21H2,1H3,(H,28,29). The van der Waals surface area contributed by atoms with Gasteiger partial charge in [0.1, 0.15) is 0 Å². The zero-order valence-corrected chi connectivity index (χ0v) is 18.3. The Morgan fingerprint density at radius 2 is 1.23 bits per heavy atom. The number of carbonyl (C=O) groups is 1. The highest BCUT2D eigenvalue weighted by Gasteiger charge is 2.36. The molecule has 3 rings (SSSR count). The fourth-order valence-corrected chi connectivity index (χ4v) is 5.02. The normalized spacial score (nSPS) is 11.2. The third kappa shape index (κ3) is 5.53. The number of benzene rings is 3. The molecule has 1 amide bonds. The molecule has 0 heterocycles. The predicted molar refractivity (Wildman–Crippen MR) is 128 cm³/mol. The lowest BCUT2D eigenvalue weighted by Crippen LogP contribution is -2.36. The fraction of sp³-hybridized carbons (Fsp3) is 0.269. The van der Waals surface area contributed by atoms with Crippen LogP contribution >= 0.6 is 11.8 Å². The summed E-state index contributed by atoms with van der Waals surface area (Å²) in [6.45, 7) is 3.96. The number of hydrogen-bond acceptors (Lipinski definition) is 3. The number of rotatable bonds is 11. The maximum absolute atomic E-state index is 12.1. The van der Waals surface area contributed by atoms with Gasteiger partial charge in [-0.1, -0.05) is 97.9 Å². The van der Waals surface area contributed by atoms with Gasteiger partial charge in [-0.2, -0.15) is 0 Å². The molecule has 0 radical (unpaired) electrons. The van der Waals surface area contributed by atoms with Crippen molar-refractivity contribution in [2.24, 2.45) is 0 Å². The van der Waals surface area contributed by atoms with Crippen molar-refractivity contribution in [2.75, 3.05) is 25.4 Å². The first kappa shape index (κ1) is 22.1. The minimum absolute atomic E-state index is 0.0498. The fourth-order valence-electron chi connectivity index (χ4n) is 3.60. The zero-order valence-electron chi connectivity index (χ0n) is 17.5. The van der Waals surface area contributed by atoms with Crippen molar-refractivity contribution < 1.29 is 4.79 Å². The molecule has 0 saturated heterocycles. The molecule has 0 unspecified atom stereocenters. The summed E-state index contributed by atoms with van der Waals surface area (Å²) in [7, 11) is 0. The highest BCUT2D eigenvalue weighted by atomic mass is 32.2. The van der Waals surface area contributed by atoms with Crippen LogP contribution in [0.15, 0.2) is 91.0 Å². The van der Waals surface area contributed by atoms with Gasteiger partial charge < -0.3 is 10.6 Å². The van der Waals surface area contributed by atoms with Gasteiger partial charge in [0.05, 0.1) is 11.3 Å². The van der Waals surface area contributed by atoms with Gasteiger partial charge in [0.2, 0.25) is 5.91 Å². The van der Waals surface area contributed by atoms with E-state index >= 15 is 0 Å². The molecule has 0 aliphatic carbocycles. The van der Waals surface area contributed by atoms with Crippen molar-refractivity contribution in [1.29, 1.82) is 0 Å². The molecular formula is C26H30N2OS. The quantitative estimate of drug-likeness (QED) is 0.346. The van der Waals surface area contributed by atoms with E-state index in [4.69, 9.17) is 0 Å². The Labute approximate surface area is 184 Å². The lowest BCUT2D eigenvalue weighted by Gasteiger charge is -2.35. The van der Waals surface area contributed by atoms with E-state index in [-0.39, 0.29) is 10.7 Å². The number of nitrogens with one attached hydrogen (secondary N) is 2. The van der Waals surface area contributed by atoms with Crippen LogP contribution in [0, 0.1) is 0 Å². The SMILES string of the molecule is CCCNCC(=O)NCCSC(c1ccccc1)(c1ccccc1)c1ccccc1. The molecule has 0 atom stereocenters. The molecule has 0 spiro atoms. The summed E-state index contributed by atoms with van der Waals surface area (Å²) in [6, 6.07) is 31.9. The minimum Gasteiger partial charge on any atom is -0.354 e. The number of amides is 1. The Morgan fingerprint density at radius 1 is 0.767 bits per heavy atom. The molecule has 3 nitrogen and oxygen atoms in total. The van der Waals surface area contributed by atoms with Crippen molar-refractivity contribution in [2.45, 2.75) is 18.1 Å². The Hall–Kier alpha value is -2.56. The topological polar surface area (TPSA) is 41.1 Å². The van der Waals surface area contributed by atoms with E-state index in [0.717, 1.165) is 18.7 Å². The monoisotopic (exact) mass is 418 g/mol. The molecule has 156 valence electrons. The van der Waals surface area contributed by atoms with E-state index in [1.807, 2.05) is 11.8 Å². The summed E-state index contributed by atoms with van der Waals surface area (Å²) >= 11 is 1.86. The second-order valence-electron chi connectivity index (χ2n) is 7.15. The molecule has 30 heavy (non-hydrogen) atoms. The van der Waals surface area contributed by atoms with Gasteiger partial charge in [-0.15, -0.1) is 11.8 Å². The van der Waals surface area contributed by atoms with E-state index < -0.39 is 0 Å². The molecular weight excluding hydrogens is 388 g/mol. The first-order valence-electron chi connectivity index (χ1n) is 10.6. The molecule has 0 fully saturated rings. The van der Waals surface area contributed by atoms with Crippen LogP contribution < -0.4 is 10.6 Å². The third-order valence-electron chi connectivity index (χ3n) is 5.00. The minimum atomic E-state index is -0.338. The predicted octanol–water partition coefficient (Wildman–Crippen LogP) is 4.83. The first-order valence-corrected chi connectivity index (χ1v) is 11.5. The van der Waals surface area contributed by atoms with Crippen molar-refractivity contribution in [3.8, 4) is 0 Å². The molecule has 0 aliphatic rings. The Morgan fingerprint density at radius 3 is 1.67 bits per heavy atom. The molecule has 0 saturated carbocycles. The van der Waals surface area contributed by atoms with Gasteiger partial charge in [-0.3, -0.25) is 4.79 Å². The highest BCUT2D eigenvalue weighted by Crippen LogP contribution is 2.48. The van der Waals surface area contributed by atoms with Crippen LogP contribution in [0.25, 0.3) is 0 Å². The summed E-state index contributed by atoms with van der Waals surface area (Å²) in [5, 5.41) is 6.20. The lowest BCUT2D eigenvalue weighted by molar-refractivity contribution is -0.120. The second kappa shape index (κ2) is 11.6. The van der Waals surface area contributed by atoms with Crippen molar-refractivity contribution >= 4 is 17.7 Å². The highest BCUT2D eigenvalue weighted by molar-refractivity contribution is 8.00. The van der Waals surface area contributed by atoms with Crippen LogP contribution in [-0.4, -0.2) is 31.3 Å². The van der Waals surface area contributed by atoms with E-state index in [2.05, 4.69) is 109 Å². The lowest BCUT2D eigenvalue weighted by atomic mass is 9.84. The van der Waals surface area contributed by atoms with Crippen LogP contribution in [0.5, 0.6) is 0 Å². The van der Waals surface area contributed by atoms with Crippen molar-refractivity contribution in [3.05, 3.63) is 108 Å². The summed E-state index contributed by atoms with van der Waals surface area (Å²) in [4.78, 5) is 12.1.